The second kappa shape index (κ2) is 9.03. The molecule has 20 heavy (non-hydrogen) atoms. The molecule has 0 fully saturated rings. The summed E-state index contributed by atoms with van der Waals surface area (Å²) in [5, 5.41) is 13.0. The van der Waals surface area contributed by atoms with Gasteiger partial charge in [-0.3, -0.25) is 9.59 Å². The Hall–Kier alpha value is -1.96. The minimum absolute atomic E-state index is 0.0166. The molecule has 2 N–H and O–H groups in total. The summed E-state index contributed by atoms with van der Waals surface area (Å²) in [7, 11) is 3.20. The summed E-state index contributed by atoms with van der Waals surface area (Å²) >= 11 is 0. The molecule has 2 amide bonds. The number of nitrogens with zero attached hydrogens (tertiary/aromatic N) is 3. The predicted octanol–water partition coefficient (Wildman–Crippen LogP) is -0.891. The fraction of sp³-hybridized carbons (Fsp3) is 0.667. The number of aryl methyl sites for hydroxylation is 1. The van der Waals surface area contributed by atoms with Gasteiger partial charge in [-0.15, -0.1) is 5.10 Å². The van der Waals surface area contributed by atoms with E-state index in [1.54, 1.807) is 25.0 Å². The molecule has 0 unspecified atom stereocenters. The van der Waals surface area contributed by atoms with Crippen molar-refractivity contribution >= 4 is 11.8 Å². The van der Waals surface area contributed by atoms with Crippen LogP contribution in [-0.4, -0.2) is 54.1 Å². The van der Waals surface area contributed by atoms with Gasteiger partial charge in [0.1, 0.15) is 0 Å². The minimum Gasteiger partial charge on any atom is -0.379 e. The van der Waals surface area contributed by atoms with Crippen molar-refractivity contribution in [2.45, 2.75) is 25.8 Å². The monoisotopic (exact) mass is 283 g/mol. The summed E-state index contributed by atoms with van der Waals surface area (Å²) in [5.41, 5.74) is 0.777. The Morgan fingerprint density at radius 3 is 2.60 bits per heavy atom. The van der Waals surface area contributed by atoms with Crippen LogP contribution in [0.25, 0.3) is 0 Å². The Labute approximate surface area is 117 Å². The largest absolute Gasteiger partial charge is 0.379 e. The number of hydrogen-bond acceptors (Lipinski definition) is 5. The van der Waals surface area contributed by atoms with Crippen LogP contribution in [0.2, 0.25) is 0 Å². The second-order valence-corrected chi connectivity index (χ2v) is 4.18. The van der Waals surface area contributed by atoms with E-state index in [1.807, 2.05) is 0 Å². The highest BCUT2D eigenvalue weighted by molar-refractivity contribution is 5.75. The maximum atomic E-state index is 11.1. The van der Waals surface area contributed by atoms with Crippen LogP contribution in [0.5, 0.6) is 0 Å². The number of ether oxygens (including phenoxy) is 1. The van der Waals surface area contributed by atoms with E-state index >= 15 is 0 Å². The third-order valence-electron chi connectivity index (χ3n) is 2.69. The first-order valence-electron chi connectivity index (χ1n) is 6.53. The summed E-state index contributed by atoms with van der Waals surface area (Å²) < 4.78 is 6.99. The molecule has 0 aromatic carbocycles. The molecule has 1 aromatic heterocycles. The first kappa shape index (κ1) is 16.1. The molecule has 1 rings (SSSR count). The fourth-order valence-electron chi connectivity index (χ4n) is 1.48. The van der Waals surface area contributed by atoms with Gasteiger partial charge in [-0.05, 0) is 0 Å². The molecule has 0 bridgehead atoms. The van der Waals surface area contributed by atoms with Crippen LogP contribution in [0, 0.1) is 0 Å². The van der Waals surface area contributed by atoms with Gasteiger partial charge in [0, 0.05) is 39.6 Å². The number of rotatable bonds is 9. The van der Waals surface area contributed by atoms with E-state index in [4.69, 9.17) is 4.74 Å². The van der Waals surface area contributed by atoms with Crippen LogP contribution in [0.15, 0.2) is 6.20 Å². The normalized spacial score (nSPS) is 10.3. The molecule has 0 radical (unpaired) electrons. The van der Waals surface area contributed by atoms with Crippen LogP contribution in [0.1, 0.15) is 18.5 Å². The van der Waals surface area contributed by atoms with Gasteiger partial charge in [0.05, 0.1) is 25.5 Å². The van der Waals surface area contributed by atoms with Crippen LogP contribution in [0.4, 0.5) is 0 Å². The summed E-state index contributed by atoms with van der Waals surface area (Å²) in [6, 6.07) is 0. The van der Waals surface area contributed by atoms with Crippen molar-refractivity contribution in [1.29, 1.82) is 0 Å². The maximum absolute atomic E-state index is 11.1. The molecule has 0 aliphatic rings. The van der Waals surface area contributed by atoms with E-state index in [0.717, 1.165) is 5.69 Å². The third kappa shape index (κ3) is 6.28. The van der Waals surface area contributed by atoms with Gasteiger partial charge in [0.25, 0.3) is 0 Å². The molecule has 0 aliphatic carbocycles. The number of aromatic nitrogens is 3. The standard InChI is InChI=1S/C12H21N5O3/c1-13-11(18)4-3-10-9-17(16-15-10)6-8-20-7-5-12(19)14-2/h9H,3-8H2,1-2H3,(H,13,18)(H,14,19). The predicted molar refractivity (Wildman–Crippen MR) is 71.9 cm³/mol. The van der Waals surface area contributed by atoms with Gasteiger partial charge in [0.2, 0.25) is 11.8 Å². The highest BCUT2D eigenvalue weighted by atomic mass is 16.5. The highest BCUT2D eigenvalue weighted by Crippen LogP contribution is 1.98. The molecular weight excluding hydrogens is 262 g/mol. The second-order valence-electron chi connectivity index (χ2n) is 4.18. The van der Waals surface area contributed by atoms with Crippen LogP contribution in [0.3, 0.4) is 0 Å². The van der Waals surface area contributed by atoms with E-state index in [1.165, 1.54) is 0 Å². The van der Waals surface area contributed by atoms with E-state index < -0.39 is 0 Å². The first-order chi connectivity index (χ1) is 9.65. The minimum atomic E-state index is -0.0396. The molecule has 8 nitrogen and oxygen atoms in total. The van der Waals surface area contributed by atoms with Crippen molar-refractivity contribution in [2.75, 3.05) is 27.3 Å². The van der Waals surface area contributed by atoms with Gasteiger partial charge in [-0.1, -0.05) is 5.21 Å². The van der Waals surface area contributed by atoms with Crippen molar-refractivity contribution in [1.82, 2.24) is 25.6 Å². The molecule has 8 heteroatoms. The lowest BCUT2D eigenvalue weighted by atomic mass is 10.2. The number of carbonyl (C=O) groups excluding carboxylic acids is 2. The number of carbonyl (C=O) groups is 2. The molecular formula is C12H21N5O3. The SMILES string of the molecule is CNC(=O)CCOCCn1cc(CCC(=O)NC)nn1. The summed E-state index contributed by atoms with van der Waals surface area (Å²) in [4.78, 5) is 22.0. The summed E-state index contributed by atoms with van der Waals surface area (Å²) in [5.74, 6) is -0.0562. The van der Waals surface area contributed by atoms with Crippen LogP contribution in [-0.2, 0) is 27.3 Å². The van der Waals surface area contributed by atoms with E-state index in [0.29, 0.717) is 39.0 Å². The van der Waals surface area contributed by atoms with Gasteiger partial charge < -0.3 is 15.4 Å². The van der Waals surface area contributed by atoms with Crippen LogP contribution >= 0.6 is 0 Å². The number of hydrogen-bond donors (Lipinski definition) is 2. The van der Waals surface area contributed by atoms with Crippen molar-refractivity contribution < 1.29 is 14.3 Å². The zero-order valence-corrected chi connectivity index (χ0v) is 11.9. The van der Waals surface area contributed by atoms with E-state index in [-0.39, 0.29) is 11.8 Å². The lowest BCUT2D eigenvalue weighted by molar-refractivity contribution is -0.122. The van der Waals surface area contributed by atoms with Crippen molar-refractivity contribution in [3.05, 3.63) is 11.9 Å². The summed E-state index contributed by atoms with van der Waals surface area (Å²) in [6.07, 6.45) is 3.12. The van der Waals surface area contributed by atoms with Crippen molar-refractivity contribution in [2.24, 2.45) is 0 Å². The van der Waals surface area contributed by atoms with Crippen molar-refractivity contribution in [3.8, 4) is 0 Å². The molecule has 0 saturated carbocycles. The zero-order chi connectivity index (χ0) is 14.8. The van der Waals surface area contributed by atoms with Gasteiger partial charge >= 0.3 is 0 Å². The van der Waals surface area contributed by atoms with E-state index in [9.17, 15) is 9.59 Å². The Kier molecular flexibility index (Phi) is 7.26. The smallest absolute Gasteiger partial charge is 0.222 e. The number of amides is 2. The Morgan fingerprint density at radius 1 is 1.20 bits per heavy atom. The molecule has 1 aromatic rings. The lowest BCUT2D eigenvalue weighted by Crippen LogP contribution is -2.20. The molecule has 0 atom stereocenters. The highest BCUT2D eigenvalue weighted by Gasteiger charge is 2.04. The van der Waals surface area contributed by atoms with Gasteiger partial charge in [0.15, 0.2) is 0 Å². The molecule has 0 aliphatic heterocycles. The average molecular weight is 283 g/mol. The lowest BCUT2D eigenvalue weighted by Gasteiger charge is -2.03. The average Bonchev–Trinajstić information content (AvgIpc) is 2.91. The molecule has 0 spiro atoms. The Morgan fingerprint density at radius 2 is 1.90 bits per heavy atom. The quantitative estimate of drug-likeness (QED) is 0.573. The fourth-order valence-corrected chi connectivity index (χ4v) is 1.48. The maximum Gasteiger partial charge on any atom is 0.222 e. The third-order valence-corrected chi connectivity index (χ3v) is 2.69. The summed E-state index contributed by atoms with van der Waals surface area (Å²) in [6.45, 7) is 1.42. The number of nitrogens with one attached hydrogen (secondary N) is 2. The van der Waals surface area contributed by atoms with Crippen molar-refractivity contribution in [3.63, 3.8) is 0 Å². The molecule has 0 saturated heterocycles. The van der Waals surface area contributed by atoms with E-state index in [2.05, 4.69) is 20.9 Å². The molecule has 1 heterocycles. The Bertz CT molecular complexity index is 432. The first-order valence-corrected chi connectivity index (χ1v) is 6.53. The zero-order valence-electron chi connectivity index (χ0n) is 11.9. The Balaban J connectivity index is 2.17. The topological polar surface area (TPSA) is 98.1 Å². The molecule has 112 valence electrons. The van der Waals surface area contributed by atoms with Gasteiger partial charge in [-0.2, -0.15) is 0 Å². The van der Waals surface area contributed by atoms with Crippen LogP contribution < -0.4 is 10.6 Å². The van der Waals surface area contributed by atoms with Gasteiger partial charge in [-0.25, -0.2) is 4.68 Å².